The Morgan fingerprint density at radius 3 is 2.75 bits per heavy atom. The van der Waals surface area contributed by atoms with Gasteiger partial charge in [-0.2, -0.15) is 0 Å². The maximum atomic E-state index is 4.36. The normalized spacial score (nSPS) is 28.3. The number of rotatable bonds is 5. The van der Waals surface area contributed by atoms with Crippen molar-refractivity contribution in [1.82, 2.24) is 10.3 Å². The number of nitrogens with one attached hydrogen (secondary N) is 1. The van der Waals surface area contributed by atoms with Gasteiger partial charge in [0.05, 0.1) is 0 Å². The summed E-state index contributed by atoms with van der Waals surface area (Å²) in [6, 6.07) is 2.68. The lowest BCUT2D eigenvalue weighted by Crippen LogP contribution is -2.33. The second kappa shape index (κ2) is 7.56. The zero-order valence-electron chi connectivity index (χ0n) is 12.9. The molecule has 1 aliphatic carbocycles. The molecule has 3 heteroatoms. The van der Waals surface area contributed by atoms with Gasteiger partial charge in [0.25, 0.3) is 0 Å². The summed E-state index contributed by atoms with van der Waals surface area (Å²) in [6.45, 7) is 8.12. The van der Waals surface area contributed by atoms with Crippen LogP contribution in [-0.4, -0.2) is 11.5 Å². The van der Waals surface area contributed by atoms with Gasteiger partial charge in [-0.1, -0.05) is 27.2 Å². The van der Waals surface area contributed by atoms with Gasteiger partial charge in [0.2, 0.25) is 0 Å². The molecule has 1 saturated carbocycles. The Bertz CT molecular complexity index is 421. The Morgan fingerprint density at radius 2 is 2.10 bits per heavy atom. The van der Waals surface area contributed by atoms with Crippen LogP contribution in [0.15, 0.2) is 22.9 Å². The smallest absolute Gasteiger partial charge is 0.0410 e. The summed E-state index contributed by atoms with van der Waals surface area (Å²) >= 11 is 3.55. The predicted octanol–water partition coefficient (Wildman–Crippen LogP) is 4.96. The minimum absolute atomic E-state index is 0.454. The van der Waals surface area contributed by atoms with Crippen molar-refractivity contribution in [2.45, 2.75) is 52.5 Å². The lowest BCUT2D eigenvalue weighted by molar-refractivity contribution is 0.171. The Kier molecular flexibility index (Phi) is 6.03. The van der Waals surface area contributed by atoms with Crippen LogP contribution in [0.1, 0.15) is 58.1 Å². The minimum atomic E-state index is 0.454. The van der Waals surface area contributed by atoms with E-state index in [1.54, 1.807) is 0 Å². The highest BCUT2D eigenvalue weighted by Crippen LogP contribution is 2.40. The number of aromatic nitrogens is 1. The first-order chi connectivity index (χ1) is 9.61. The molecule has 0 radical (unpaired) electrons. The summed E-state index contributed by atoms with van der Waals surface area (Å²) in [6.07, 6.45) is 9.09. The number of halogens is 1. The van der Waals surface area contributed by atoms with Crippen LogP contribution in [0.25, 0.3) is 0 Å². The zero-order chi connectivity index (χ0) is 14.5. The zero-order valence-corrected chi connectivity index (χ0v) is 14.5. The molecular weight excluding hydrogens is 312 g/mol. The van der Waals surface area contributed by atoms with Gasteiger partial charge < -0.3 is 5.32 Å². The van der Waals surface area contributed by atoms with Crippen molar-refractivity contribution in [2.24, 2.45) is 17.8 Å². The van der Waals surface area contributed by atoms with Crippen molar-refractivity contribution < 1.29 is 0 Å². The van der Waals surface area contributed by atoms with Crippen LogP contribution < -0.4 is 5.32 Å². The summed E-state index contributed by atoms with van der Waals surface area (Å²) in [5.74, 6) is 2.45. The van der Waals surface area contributed by atoms with Gasteiger partial charge in [-0.05, 0) is 71.1 Å². The quantitative estimate of drug-likeness (QED) is 0.820. The van der Waals surface area contributed by atoms with Crippen LogP contribution in [-0.2, 0) is 0 Å². The van der Waals surface area contributed by atoms with Crippen molar-refractivity contribution in [3.8, 4) is 0 Å². The highest BCUT2D eigenvalue weighted by molar-refractivity contribution is 9.10. The largest absolute Gasteiger partial charge is 0.310 e. The Morgan fingerprint density at radius 1 is 1.30 bits per heavy atom. The molecule has 112 valence electrons. The molecule has 2 nitrogen and oxygen atoms in total. The molecular formula is C17H27BrN2. The lowest BCUT2D eigenvalue weighted by Gasteiger charge is -2.37. The van der Waals surface area contributed by atoms with Gasteiger partial charge in [0, 0.05) is 22.9 Å². The summed E-state index contributed by atoms with van der Waals surface area (Å²) in [7, 11) is 0. The van der Waals surface area contributed by atoms with E-state index in [2.05, 4.69) is 53.1 Å². The molecule has 1 aromatic heterocycles. The maximum absolute atomic E-state index is 4.36. The van der Waals surface area contributed by atoms with Gasteiger partial charge in [-0.15, -0.1) is 0 Å². The van der Waals surface area contributed by atoms with Gasteiger partial charge in [-0.3, -0.25) is 4.98 Å². The van der Waals surface area contributed by atoms with E-state index in [0.29, 0.717) is 6.04 Å². The van der Waals surface area contributed by atoms with E-state index in [9.17, 15) is 0 Å². The lowest BCUT2D eigenvalue weighted by atomic mass is 9.72. The predicted molar refractivity (Wildman–Crippen MR) is 88.6 cm³/mol. The standard InChI is InChI=1S/C17H27BrN2/c1-4-7-20-17(15-9-16(18)11-19-10-15)14-6-5-12(2)13(3)8-14/h9-14,17,20H,4-8H2,1-3H3. The average Bonchev–Trinajstić information content (AvgIpc) is 2.43. The van der Waals surface area contributed by atoms with Crippen molar-refractivity contribution in [3.05, 3.63) is 28.5 Å². The van der Waals surface area contributed by atoms with E-state index in [4.69, 9.17) is 0 Å². The van der Waals surface area contributed by atoms with Crippen LogP contribution >= 0.6 is 15.9 Å². The molecule has 0 aliphatic heterocycles. The van der Waals surface area contributed by atoms with Crippen LogP contribution in [0.2, 0.25) is 0 Å². The first kappa shape index (κ1) is 16.0. The van der Waals surface area contributed by atoms with Gasteiger partial charge in [0.15, 0.2) is 0 Å². The van der Waals surface area contributed by atoms with Crippen LogP contribution in [0.4, 0.5) is 0 Å². The van der Waals surface area contributed by atoms with E-state index >= 15 is 0 Å². The third-order valence-corrected chi connectivity index (χ3v) is 5.24. The number of pyridine rings is 1. The molecule has 2 rings (SSSR count). The molecule has 0 saturated heterocycles. The van der Waals surface area contributed by atoms with E-state index in [-0.39, 0.29) is 0 Å². The molecule has 0 spiro atoms. The van der Waals surface area contributed by atoms with Crippen molar-refractivity contribution >= 4 is 15.9 Å². The van der Waals surface area contributed by atoms with Crippen molar-refractivity contribution in [3.63, 3.8) is 0 Å². The molecule has 20 heavy (non-hydrogen) atoms. The van der Waals surface area contributed by atoms with Gasteiger partial charge >= 0.3 is 0 Å². The fourth-order valence-electron chi connectivity index (χ4n) is 3.35. The molecule has 0 bridgehead atoms. The topological polar surface area (TPSA) is 24.9 Å². The van der Waals surface area contributed by atoms with Gasteiger partial charge in [0.1, 0.15) is 0 Å². The SMILES string of the molecule is CCCNC(c1cncc(Br)c1)C1CCC(C)C(C)C1. The third kappa shape index (κ3) is 4.05. The minimum Gasteiger partial charge on any atom is -0.310 e. The van der Waals surface area contributed by atoms with Crippen molar-refractivity contribution in [2.75, 3.05) is 6.54 Å². The third-order valence-electron chi connectivity index (χ3n) is 4.81. The Hall–Kier alpha value is -0.410. The molecule has 4 atom stereocenters. The highest BCUT2D eigenvalue weighted by Gasteiger charge is 2.30. The van der Waals surface area contributed by atoms with E-state index in [1.165, 1.54) is 31.2 Å². The summed E-state index contributed by atoms with van der Waals surface area (Å²) in [5, 5.41) is 3.76. The molecule has 1 heterocycles. The van der Waals surface area contributed by atoms with Crippen LogP contribution in [0.3, 0.4) is 0 Å². The van der Waals surface area contributed by atoms with Crippen molar-refractivity contribution in [1.29, 1.82) is 0 Å². The van der Waals surface area contributed by atoms with Gasteiger partial charge in [-0.25, -0.2) is 0 Å². The maximum Gasteiger partial charge on any atom is 0.0410 e. The van der Waals surface area contributed by atoms with Crippen LogP contribution in [0.5, 0.6) is 0 Å². The first-order valence-corrected chi connectivity index (χ1v) is 8.75. The second-order valence-corrected chi connectivity index (χ2v) is 7.31. The Labute approximate surface area is 131 Å². The molecule has 1 fully saturated rings. The fraction of sp³-hybridized carbons (Fsp3) is 0.706. The van der Waals surface area contributed by atoms with E-state index in [0.717, 1.165) is 28.8 Å². The summed E-state index contributed by atoms with van der Waals surface area (Å²) < 4.78 is 1.08. The number of hydrogen-bond acceptors (Lipinski definition) is 2. The number of hydrogen-bond donors (Lipinski definition) is 1. The van der Waals surface area contributed by atoms with E-state index < -0.39 is 0 Å². The Balaban J connectivity index is 2.15. The molecule has 4 unspecified atom stereocenters. The number of nitrogens with zero attached hydrogens (tertiary/aromatic N) is 1. The fourth-order valence-corrected chi connectivity index (χ4v) is 3.73. The highest BCUT2D eigenvalue weighted by atomic mass is 79.9. The molecule has 1 aromatic rings. The van der Waals surface area contributed by atoms with E-state index in [1.807, 2.05) is 12.4 Å². The first-order valence-electron chi connectivity index (χ1n) is 7.95. The summed E-state index contributed by atoms with van der Waals surface area (Å²) in [5.41, 5.74) is 1.33. The monoisotopic (exact) mass is 338 g/mol. The molecule has 1 aliphatic rings. The molecule has 0 amide bonds. The second-order valence-electron chi connectivity index (χ2n) is 6.40. The summed E-state index contributed by atoms with van der Waals surface area (Å²) in [4.78, 5) is 4.36. The molecule has 0 aromatic carbocycles. The molecule has 1 N–H and O–H groups in total. The van der Waals surface area contributed by atoms with Crippen LogP contribution in [0, 0.1) is 17.8 Å². The average molecular weight is 339 g/mol.